The van der Waals surface area contributed by atoms with E-state index in [2.05, 4.69) is 106 Å². The molecule has 0 saturated heterocycles. The first kappa shape index (κ1) is 71.6. The molecule has 0 rings (SSSR count). The van der Waals surface area contributed by atoms with Crippen molar-refractivity contribution in [3.63, 3.8) is 0 Å². The Bertz CT molecular complexity index is 1430. The van der Waals surface area contributed by atoms with Crippen LogP contribution in [0.2, 0.25) is 0 Å². The Morgan fingerprint density at radius 2 is 0.520 bits per heavy atom. The summed E-state index contributed by atoms with van der Waals surface area (Å²) in [5, 5.41) is 0. The molecule has 1 unspecified atom stereocenters. The lowest BCUT2D eigenvalue weighted by atomic mass is 10.0. The fourth-order valence-electron chi connectivity index (χ4n) is 9.09. The number of ether oxygens (including phenoxy) is 3. The van der Waals surface area contributed by atoms with Gasteiger partial charge >= 0.3 is 17.9 Å². The molecule has 0 radical (unpaired) electrons. The topological polar surface area (TPSA) is 78.9 Å². The molecule has 0 aliphatic heterocycles. The van der Waals surface area contributed by atoms with Crippen molar-refractivity contribution in [2.24, 2.45) is 0 Å². The van der Waals surface area contributed by atoms with Crippen LogP contribution < -0.4 is 0 Å². The molecule has 0 heterocycles. The van der Waals surface area contributed by atoms with E-state index in [1.165, 1.54) is 161 Å². The summed E-state index contributed by atoms with van der Waals surface area (Å²) in [6.45, 7) is 6.51. The first-order valence-electron chi connectivity index (χ1n) is 32.1. The summed E-state index contributed by atoms with van der Waals surface area (Å²) in [7, 11) is 0. The molecule has 432 valence electrons. The molecule has 0 bridgehead atoms. The van der Waals surface area contributed by atoms with Crippen LogP contribution >= 0.6 is 0 Å². The number of esters is 3. The smallest absolute Gasteiger partial charge is 0.306 e. The molecule has 6 heteroatoms. The molecule has 0 aliphatic rings. The summed E-state index contributed by atoms with van der Waals surface area (Å²) >= 11 is 0. The molecule has 0 amide bonds. The molecule has 0 aliphatic carbocycles. The van der Waals surface area contributed by atoms with E-state index in [9.17, 15) is 14.4 Å². The summed E-state index contributed by atoms with van der Waals surface area (Å²) < 4.78 is 16.9. The van der Waals surface area contributed by atoms with Crippen LogP contribution in [0, 0.1) is 0 Å². The summed E-state index contributed by atoms with van der Waals surface area (Å²) in [6, 6.07) is 0. The van der Waals surface area contributed by atoms with Crippen LogP contribution in [-0.2, 0) is 28.6 Å². The number of allylic oxidation sites excluding steroid dienone is 14. The van der Waals surface area contributed by atoms with Crippen LogP contribution in [-0.4, -0.2) is 37.2 Å². The van der Waals surface area contributed by atoms with Crippen molar-refractivity contribution in [2.45, 2.75) is 322 Å². The Hall–Kier alpha value is -3.41. The van der Waals surface area contributed by atoms with Gasteiger partial charge in [0.25, 0.3) is 0 Å². The molecule has 6 nitrogen and oxygen atoms in total. The van der Waals surface area contributed by atoms with Gasteiger partial charge in [0.2, 0.25) is 0 Å². The minimum atomic E-state index is -0.781. The van der Waals surface area contributed by atoms with E-state index in [1.807, 2.05) is 0 Å². The standard InChI is InChI=1S/C69H120O6/c1-4-7-10-13-16-19-22-24-26-28-29-30-31-32-33-34-35-36-37-38-39-40-41-42-44-45-47-50-53-56-59-62-68(71)74-65-66(64-73-67(70)61-58-55-52-49-21-18-15-12-9-6-3)75-69(72)63-60-57-54-51-48-46-43-27-25-23-20-17-14-11-8-5-2/h7,10,16,19-20,23-24,26-27,29-30,32-33,43,66H,4-6,8-9,11-15,17-18,21-22,25,28,31,34-42,44-65H2,1-3H3/b10-7-,19-16-,23-20-,26-24-,30-29-,33-32-,43-27-. The number of unbranched alkanes of at least 4 members (excludes halogenated alkanes) is 33. The average molecular weight is 1050 g/mol. The minimum Gasteiger partial charge on any atom is -0.462 e. The highest BCUT2D eigenvalue weighted by Crippen LogP contribution is 2.16. The van der Waals surface area contributed by atoms with Crippen LogP contribution in [0.5, 0.6) is 0 Å². The first-order valence-corrected chi connectivity index (χ1v) is 32.1. The van der Waals surface area contributed by atoms with Gasteiger partial charge in [-0.25, -0.2) is 0 Å². The Kier molecular flexibility index (Phi) is 60.3. The minimum absolute atomic E-state index is 0.0780. The second-order valence-corrected chi connectivity index (χ2v) is 21.3. The normalized spacial score (nSPS) is 12.6. The van der Waals surface area contributed by atoms with Crippen molar-refractivity contribution in [1.29, 1.82) is 0 Å². The van der Waals surface area contributed by atoms with E-state index < -0.39 is 6.10 Å². The van der Waals surface area contributed by atoms with Gasteiger partial charge < -0.3 is 14.2 Å². The van der Waals surface area contributed by atoms with Gasteiger partial charge in [-0.3, -0.25) is 14.4 Å². The summed E-state index contributed by atoms with van der Waals surface area (Å²) in [5.74, 6) is -0.882. The molecule has 0 saturated carbocycles. The Labute approximate surface area is 465 Å². The average Bonchev–Trinajstić information content (AvgIpc) is 3.41. The fourth-order valence-corrected chi connectivity index (χ4v) is 9.09. The number of hydrogen-bond acceptors (Lipinski definition) is 6. The van der Waals surface area contributed by atoms with E-state index >= 15 is 0 Å². The second-order valence-electron chi connectivity index (χ2n) is 21.3. The van der Waals surface area contributed by atoms with Crippen LogP contribution in [0.3, 0.4) is 0 Å². The maximum absolute atomic E-state index is 12.9. The number of carbonyl (C=O) groups is 3. The molecule has 75 heavy (non-hydrogen) atoms. The summed E-state index contributed by atoms with van der Waals surface area (Å²) in [6.07, 6.45) is 83.2. The zero-order valence-electron chi connectivity index (χ0n) is 49.6. The van der Waals surface area contributed by atoms with Crippen molar-refractivity contribution in [3.05, 3.63) is 85.1 Å². The van der Waals surface area contributed by atoms with E-state index in [4.69, 9.17) is 14.2 Å². The van der Waals surface area contributed by atoms with Crippen molar-refractivity contribution < 1.29 is 28.6 Å². The van der Waals surface area contributed by atoms with Gasteiger partial charge in [-0.15, -0.1) is 0 Å². The van der Waals surface area contributed by atoms with Gasteiger partial charge in [-0.2, -0.15) is 0 Å². The summed E-state index contributed by atoms with van der Waals surface area (Å²) in [4.78, 5) is 38.2. The molecule has 0 aromatic rings. The maximum Gasteiger partial charge on any atom is 0.306 e. The lowest BCUT2D eigenvalue weighted by Crippen LogP contribution is -2.30. The van der Waals surface area contributed by atoms with E-state index in [0.717, 1.165) is 116 Å². The Morgan fingerprint density at radius 3 is 0.827 bits per heavy atom. The van der Waals surface area contributed by atoms with Crippen LogP contribution in [0.1, 0.15) is 316 Å². The summed E-state index contributed by atoms with van der Waals surface area (Å²) in [5.41, 5.74) is 0. The van der Waals surface area contributed by atoms with Crippen LogP contribution in [0.15, 0.2) is 85.1 Å². The zero-order valence-corrected chi connectivity index (χ0v) is 49.6. The molecule has 0 spiro atoms. The van der Waals surface area contributed by atoms with E-state index in [1.54, 1.807) is 0 Å². The predicted octanol–water partition coefficient (Wildman–Crippen LogP) is 21.9. The van der Waals surface area contributed by atoms with Crippen molar-refractivity contribution in [1.82, 2.24) is 0 Å². The number of rotatable bonds is 58. The highest BCUT2D eigenvalue weighted by molar-refractivity contribution is 5.71. The fraction of sp³-hybridized carbons (Fsp3) is 0.754. The van der Waals surface area contributed by atoms with Crippen molar-refractivity contribution in [2.75, 3.05) is 13.2 Å². The highest BCUT2D eigenvalue weighted by Gasteiger charge is 2.19. The second kappa shape index (κ2) is 63.1. The molecule has 0 N–H and O–H groups in total. The van der Waals surface area contributed by atoms with Gasteiger partial charge in [0.05, 0.1) is 0 Å². The molecule has 0 aromatic carbocycles. The van der Waals surface area contributed by atoms with Crippen molar-refractivity contribution in [3.8, 4) is 0 Å². The predicted molar refractivity (Wildman–Crippen MR) is 325 cm³/mol. The zero-order chi connectivity index (χ0) is 54.3. The molecular formula is C69H120O6. The van der Waals surface area contributed by atoms with Gasteiger partial charge in [-0.1, -0.05) is 286 Å². The largest absolute Gasteiger partial charge is 0.462 e. The van der Waals surface area contributed by atoms with Gasteiger partial charge in [-0.05, 0) is 96.3 Å². The number of carbonyl (C=O) groups excluding carboxylic acids is 3. The van der Waals surface area contributed by atoms with E-state index in [-0.39, 0.29) is 31.1 Å². The third-order valence-electron chi connectivity index (χ3n) is 13.9. The molecule has 0 fully saturated rings. The lowest BCUT2D eigenvalue weighted by Gasteiger charge is -2.18. The van der Waals surface area contributed by atoms with Crippen LogP contribution in [0.25, 0.3) is 0 Å². The lowest BCUT2D eigenvalue weighted by molar-refractivity contribution is -0.167. The molecule has 1 atom stereocenters. The molecule has 0 aromatic heterocycles. The Balaban J connectivity index is 4.15. The van der Waals surface area contributed by atoms with Gasteiger partial charge in [0.1, 0.15) is 13.2 Å². The number of hydrogen-bond donors (Lipinski definition) is 0. The maximum atomic E-state index is 12.9. The van der Waals surface area contributed by atoms with E-state index in [0.29, 0.717) is 19.3 Å². The third-order valence-corrected chi connectivity index (χ3v) is 13.9. The SMILES string of the molecule is CC/C=C\C/C=C\C/C=C\C/C=C\C/C=C\CCCCCCCCCCCCCCCCCC(=O)OCC(COC(=O)CCCCCCCCCCCC)OC(=O)CCCCCCC/C=C\C/C=C\CCCCCC. The van der Waals surface area contributed by atoms with Crippen molar-refractivity contribution >= 4 is 17.9 Å². The van der Waals surface area contributed by atoms with Gasteiger partial charge in [0, 0.05) is 19.3 Å². The monoisotopic (exact) mass is 1040 g/mol. The Morgan fingerprint density at radius 1 is 0.280 bits per heavy atom. The third kappa shape index (κ3) is 61.3. The highest BCUT2D eigenvalue weighted by atomic mass is 16.6. The quantitative estimate of drug-likeness (QED) is 0.0261. The van der Waals surface area contributed by atoms with Gasteiger partial charge in [0.15, 0.2) is 6.10 Å². The first-order chi connectivity index (χ1) is 37.0. The van der Waals surface area contributed by atoms with Crippen LogP contribution in [0.4, 0.5) is 0 Å². The molecular weight excluding hydrogens is 925 g/mol.